The summed E-state index contributed by atoms with van der Waals surface area (Å²) in [6, 6.07) is 20.3. The molecule has 0 N–H and O–H groups in total. The van der Waals surface area contributed by atoms with Crippen LogP contribution in [0.25, 0.3) is 10.8 Å². The summed E-state index contributed by atoms with van der Waals surface area (Å²) in [4.78, 5) is 15.3. The zero-order chi connectivity index (χ0) is 18.9. The van der Waals surface area contributed by atoms with E-state index in [9.17, 15) is 4.79 Å². The topological polar surface area (TPSA) is 38.8 Å². The maximum absolute atomic E-state index is 13.5. The third-order valence-electron chi connectivity index (χ3n) is 6.09. The lowest BCUT2D eigenvalue weighted by Crippen LogP contribution is -2.39. The zero-order valence-electron chi connectivity index (χ0n) is 15.5. The van der Waals surface area contributed by atoms with Crippen molar-refractivity contribution in [3.63, 3.8) is 0 Å². The second-order valence-corrected chi connectivity index (χ2v) is 7.51. The van der Waals surface area contributed by atoms with E-state index in [1.807, 2.05) is 60.4 Å². The van der Waals surface area contributed by atoms with Crippen LogP contribution < -0.4 is 9.64 Å². The van der Waals surface area contributed by atoms with E-state index in [1.165, 1.54) is 0 Å². The van der Waals surface area contributed by atoms with Gasteiger partial charge >= 0.3 is 0 Å². The maximum Gasteiger partial charge on any atom is 0.268 e. The molecular weight excluding hydrogens is 350 g/mol. The molecule has 0 aliphatic carbocycles. The van der Waals surface area contributed by atoms with Crippen LogP contribution in [-0.2, 0) is 15.1 Å². The SMILES string of the molecule is CCN1C(=O)[C@]2(C=C3COc4ccc5ccccc5c4[C@@H]3O2)c2ccccc21. The molecule has 0 aromatic heterocycles. The van der Waals surface area contributed by atoms with Crippen molar-refractivity contribution in [2.45, 2.75) is 18.6 Å². The summed E-state index contributed by atoms with van der Waals surface area (Å²) in [5, 5.41) is 2.25. The van der Waals surface area contributed by atoms with Crippen molar-refractivity contribution in [1.29, 1.82) is 0 Å². The monoisotopic (exact) mass is 369 g/mol. The Hall–Kier alpha value is -3.11. The number of benzene rings is 3. The fourth-order valence-corrected chi connectivity index (χ4v) is 4.84. The number of anilines is 1. The minimum atomic E-state index is -1.06. The minimum absolute atomic E-state index is 0.0140. The molecule has 6 rings (SSSR count). The number of para-hydroxylation sites is 1. The first kappa shape index (κ1) is 15.9. The Bertz CT molecular complexity index is 1180. The molecule has 28 heavy (non-hydrogen) atoms. The maximum atomic E-state index is 13.5. The highest BCUT2D eigenvalue weighted by Gasteiger charge is 2.56. The van der Waals surface area contributed by atoms with E-state index in [0.717, 1.165) is 38.9 Å². The van der Waals surface area contributed by atoms with Gasteiger partial charge in [-0.15, -0.1) is 0 Å². The number of carbonyl (C=O) groups excluding carboxylic acids is 1. The van der Waals surface area contributed by atoms with E-state index < -0.39 is 5.60 Å². The van der Waals surface area contributed by atoms with Crippen LogP contribution in [0.1, 0.15) is 24.2 Å². The number of hydrogen-bond donors (Lipinski definition) is 0. The van der Waals surface area contributed by atoms with Gasteiger partial charge in [-0.05, 0) is 35.9 Å². The largest absolute Gasteiger partial charge is 0.489 e. The van der Waals surface area contributed by atoms with E-state index in [0.29, 0.717) is 13.2 Å². The van der Waals surface area contributed by atoms with Crippen molar-refractivity contribution in [2.75, 3.05) is 18.1 Å². The third-order valence-corrected chi connectivity index (χ3v) is 6.09. The average Bonchev–Trinajstić information content (AvgIpc) is 3.24. The van der Waals surface area contributed by atoms with Gasteiger partial charge in [0, 0.05) is 23.2 Å². The third kappa shape index (κ3) is 1.86. The second kappa shape index (κ2) is 5.46. The number of likely N-dealkylation sites (N-methyl/N-ethyl adjacent to an activating group) is 1. The van der Waals surface area contributed by atoms with Crippen LogP contribution in [0.3, 0.4) is 0 Å². The second-order valence-electron chi connectivity index (χ2n) is 7.51. The van der Waals surface area contributed by atoms with Crippen LogP contribution in [0.4, 0.5) is 5.69 Å². The van der Waals surface area contributed by atoms with Crippen LogP contribution in [-0.4, -0.2) is 19.1 Å². The quantitative estimate of drug-likeness (QED) is 0.593. The van der Waals surface area contributed by atoms with Gasteiger partial charge in [0.05, 0.1) is 5.69 Å². The summed E-state index contributed by atoms with van der Waals surface area (Å²) in [5.74, 6) is 0.823. The summed E-state index contributed by atoms with van der Waals surface area (Å²) in [6.07, 6.45) is 1.72. The normalized spacial score (nSPS) is 24.8. The molecule has 0 fully saturated rings. The number of fused-ring (bicyclic) bond motifs is 7. The molecule has 2 atom stereocenters. The number of carbonyl (C=O) groups is 1. The number of rotatable bonds is 1. The van der Waals surface area contributed by atoms with Crippen molar-refractivity contribution < 1.29 is 14.3 Å². The highest BCUT2D eigenvalue weighted by Crippen LogP contribution is 2.55. The Morgan fingerprint density at radius 2 is 1.89 bits per heavy atom. The molecule has 4 heteroatoms. The molecule has 3 aliphatic heterocycles. The molecule has 138 valence electrons. The van der Waals surface area contributed by atoms with Crippen LogP contribution in [0, 0.1) is 0 Å². The number of amides is 1. The van der Waals surface area contributed by atoms with Crippen molar-refractivity contribution in [3.05, 3.63) is 83.4 Å². The standard InChI is InChI=1S/C24H19NO3/c1-2-25-19-10-6-5-9-18(19)24(23(25)26)13-16-14-27-20-12-11-15-7-3-4-8-17(15)21(20)22(16)28-24/h3-13,22H,2,14H2,1H3/t22-,24+/m1/s1. The predicted octanol–water partition coefficient (Wildman–Crippen LogP) is 4.49. The van der Waals surface area contributed by atoms with Gasteiger partial charge in [-0.2, -0.15) is 0 Å². The van der Waals surface area contributed by atoms with Gasteiger partial charge in [0.25, 0.3) is 5.91 Å². The van der Waals surface area contributed by atoms with E-state index in [1.54, 1.807) is 0 Å². The first-order valence-corrected chi connectivity index (χ1v) is 9.68. The van der Waals surface area contributed by atoms with Crippen LogP contribution in [0.5, 0.6) is 5.75 Å². The van der Waals surface area contributed by atoms with Crippen molar-refractivity contribution >= 4 is 22.4 Å². The van der Waals surface area contributed by atoms with Gasteiger partial charge in [-0.1, -0.05) is 48.5 Å². The molecule has 0 saturated carbocycles. The van der Waals surface area contributed by atoms with Crippen molar-refractivity contribution in [2.24, 2.45) is 0 Å². The molecule has 3 aliphatic rings. The molecule has 3 aromatic carbocycles. The van der Waals surface area contributed by atoms with Gasteiger partial charge in [0.2, 0.25) is 0 Å². The summed E-state index contributed by atoms with van der Waals surface area (Å²) in [7, 11) is 0. The molecule has 1 spiro atoms. The minimum Gasteiger partial charge on any atom is -0.489 e. The van der Waals surface area contributed by atoms with Crippen LogP contribution in [0.15, 0.2) is 72.3 Å². The van der Waals surface area contributed by atoms with Gasteiger partial charge in [0.15, 0.2) is 5.60 Å². The van der Waals surface area contributed by atoms with E-state index in [2.05, 4.69) is 18.2 Å². The van der Waals surface area contributed by atoms with Crippen molar-refractivity contribution in [1.82, 2.24) is 0 Å². The molecule has 3 aromatic rings. The summed E-state index contributed by atoms with van der Waals surface area (Å²) >= 11 is 0. The van der Waals surface area contributed by atoms with Crippen LogP contribution >= 0.6 is 0 Å². The highest BCUT2D eigenvalue weighted by molar-refractivity contribution is 6.09. The summed E-state index contributed by atoms with van der Waals surface area (Å²) in [6.45, 7) is 3.05. The number of hydrogen-bond acceptors (Lipinski definition) is 3. The van der Waals surface area contributed by atoms with Crippen molar-refractivity contribution in [3.8, 4) is 5.75 Å². The molecular formula is C24H19NO3. The van der Waals surface area contributed by atoms with E-state index in [4.69, 9.17) is 9.47 Å². The predicted molar refractivity (Wildman–Crippen MR) is 107 cm³/mol. The first-order chi connectivity index (χ1) is 13.7. The molecule has 0 bridgehead atoms. The number of nitrogens with zero attached hydrogens (tertiary/aromatic N) is 1. The lowest BCUT2D eigenvalue weighted by Gasteiger charge is -2.29. The molecule has 4 nitrogen and oxygen atoms in total. The fraction of sp³-hybridized carbons (Fsp3) is 0.208. The molecule has 0 saturated heterocycles. The summed E-state index contributed by atoms with van der Waals surface area (Å²) in [5.41, 5.74) is 2.84. The molecule has 3 heterocycles. The van der Waals surface area contributed by atoms with Gasteiger partial charge in [0.1, 0.15) is 18.5 Å². The van der Waals surface area contributed by atoms with Crippen LogP contribution in [0.2, 0.25) is 0 Å². The lowest BCUT2D eigenvalue weighted by atomic mass is 9.92. The Morgan fingerprint density at radius 3 is 2.79 bits per heavy atom. The first-order valence-electron chi connectivity index (χ1n) is 9.68. The Labute approximate surface area is 163 Å². The molecule has 1 amide bonds. The van der Waals surface area contributed by atoms with E-state index >= 15 is 0 Å². The lowest BCUT2D eigenvalue weighted by molar-refractivity contribution is -0.139. The molecule has 0 unspecified atom stereocenters. The zero-order valence-corrected chi connectivity index (χ0v) is 15.5. The van der Waals surface area contributed by atoms with Gasteiger partial charge in [-0.3, -0.25) is 4.79 Å². The average molecular weight is 369 g/mol. The van der Waals surface area contributed by atoms with Gasteiger partial charge < -0.3 is 14.4 Å². The fourth-order valence-electron chi connectivity index (χ4n) is 4.84. The Morgan fingerprint density at radius 1 is 1.07 bits per heavy atom. The number of ether oxygens (including phenoxy) is 2. The Kier molecular flexibility index (Phi) is 3.10. The highest BCUT2D eigenvalue weighted by atomic mass is 16.5. The smallest absolute Gasteiger partial charge is 0.268 e. The molecule has 0 radical (unpaired) electrons. The van der Waals surface area contributed by atoms with E-state index in [-0.39, 0.29) is 12.0 Å². The Balaban J connectivity index is 1.56. The summed E-state index contributed by atoms with van der Waals surface area (Å²) < 4.78 is 12.7. The van der Waals surface area contributed by atoms with Gasteiger partial charge in [-0.25, -0.2) is 0 Å².